The largest absolute Gasteiger partial charge is 0.481 e. The van der Waals surface area contributed by atoms with E-state index in [0.717, 1.165) is 72.9 Å². The molecule has 58 heavy (non-hydrogen) atoms. The van der Waals surface area contributed by atoms with E-state index in [9.17, 15) is 24.0 Å². The average molecular weight is 812 g/mol. The number of nitrogens with one attached hydrogen (secondary N) is 1. The molecular weight excluding hydrogens is 755 g/mol. The first-order chi connectivity index (χ1) is 27.7. The third kappa shape index (κ3) is 11.7. The molecule has 2 heterocycles. The number of carbonyl (C=O) groups is 5. The summed E-state index contributed by atoms with van der Waals surface area (Å²) in [6, 6.07) is 14.7. The average Bonchev–Trinajstić information content (AvgIpc) is 3.81. The number of hydrogen-bond acceptors (Lipinski definition) is 8. The van der Waals surface area contributed by atoms with Gasteiger partial charge in [-0.3, -0.25) is 28.8 Å². The van der Waals surface area contributed by atoms with E-state index in [1.165, 1.54) is 11.3 Å². The first-order valence-electron chi connectivity index (χ1n) is 20.3. The number of unbranched alkanes of at least 4 members (excludes halogenated alkanes) is 1. The Bertz CT molecular complexity index is 2080. The number of rotatable bonds is 21. The molecule has 1 aliphatic rings. The van der Waals surface area contributed by atoms with E-state index in [-0.39, 0.29) is 47.5 Å². The number of likely N-dealkylation sites (N-methyl/N-ethyl adjacent to an activating group) is 1. The van der Waals surface area contributed by atoms with E-state index < -0.39 is 11.9 Å². The second kappa shape index (κ2) is 20.0. The lowest BCUT2D eigenvalue weighted by atomic mass is 9.76. The Balaban J connectivity index is 1.28. The van der Waals surface area contributed by atoms with E-state index in [2.05, 4.69) is 43.0 Å². The molecule has 0 fully saturated rings. The summed E-state index contributed by atoms with van der Waals surface area (Å²) in [5.74, 6) is -2.58. The first kappa shape index (κ1) is 44.0. The molecule has 0 saturated heterocycles. The quantitative estimate of drug-likeness (QED) is 0.0560. The molecule has 0 atom stereocenters. The SMILES string of the molecule is CCC(CC)N(CCN(C)C(=O)CCC(=O)O)Cc1cccc(C(=O)Nc2sc3c(c2C(=O)c2cnn(CCCCc4ccc(C(=O)O)cc4)c2)CCC(C)(C)C3)c1. The minimum absolute atomic E-state index is 0.0348. The predicted octanol–water partition coefficient (Wildman–Crippen LogP) is 7.98. The van der Waals surface area contributed by atoms with Gasteiger partial charge in [-0.1, -0.05) is 52.0 Å². The molecule has 13 heteroatoms. The molecule has 2 amide bonds. The van der Waals surface area contributed by atoms with Crippen molar-refractivity contribution < 1.29 is 34.2 Å². The molecule has 2 aromatic heterocycles. The van der Waals surface area contributed by atoms with Crippen LogP contribution >= 0.6 is 11.3 Å². The summed E-state index contributed by atoms with van der Waals surface area (Å²) in [6.07, 6.45) is 10.0. The number of amides is 2. The van der Waals surface area contributed by atoms with Crippen molar-refractivity contribution in [2.24, 2.45) is 5.41 Å². The molecule has 0 aliphatic heterocycles. The fourth-order valence-corrected chi connectivity index (χ4v) is 9.12. The maximum Gasteiger partial charge on any atom is 0.335 e. The Labute approximate surface area is 345 Å². The number of nitrogens with zero attached hydrogens (tertiary/aromatic N) is 4. The van der Waals surface area contributed by atoms with Gasteiger partial charge in [0.15, 0.2) is 5.78 Å². The highest BCUT2D eigenvalue weighted by Crippen LogP contribution is 2.44. The Morgan fingerprint density at radius 1 is 0.931 bits per heavy atom. The number of hydrogen-bond donors (Lipinski definition) is 3. The lowest BCUT2D eigenvalue weighted by Gasteiger charge is -2.32. The van der Waals surface area contributed by atoms with Crippen LogP contribution in [0.4, 0.5) is 5.00 Å². The number of aromatic nitrogens is 2. The van der Waals surface area contributed by atoms with Gasteiger partial charge < -0.3 is 20.4 Å². The summed E-state index contributed by atoms with van der Waals surface area (Å²) in [6.45, 7) is 11.0. The van der Waals surface area contributed by atoms with Crippen LogP contribution < -0.4 is 5.32 Å². The molecular formula is C45H57N5O7S. The minimum Gasteiger partial charge on any atom is -0.481 e. The van der Waals surface area contributed by atoms with Gasteiger partial charge in [0.1, 0.15) is 5.00 Å². The van der Waals surface area contributed by atoms with Crippen molar-refractivity contribution in [1.82, 2.24) is 19.6 Å². The summed E-state index contributed by atoms with van der Waals surface area (Å²) < 4.78 is 1.78. The predicted molar refractivity (Wildman–Crippen MR) is 226 cm³/mol. The number of benzene rings is 2. The van der Waals surface area contributed by atoms with Crippen molar-refractivity contribution in [3.8, 4) is 0 Å². The summed E-state index contributed by atoms with van der Waals surface area (Å²) in [5, 5.41) is 26.3. The minimum atomic E-state index is -0.994. The molecule has 5 rings (SSSR count). The lowest BCUT2D eigenvalue weighted by molar-refractivity contribution is -0.140. The van der Waals surface area contributed by atoms with Crippen molar-refractivity contribution >= 4 is 45.9 Å². The Kier molecular flexibility index (Phi) is 15.2. The van der Waals surface area contributed by atoms with Gasteiger partial charge in [-0.2, -0.15) is 5.10 Å². The van der Waals surface area contributed by atoms with Gasteiger partial charge in [0, 0.05) is 62.3 Å². The third-order valence-electron chi connectivity index (χ3n) is 11.2. The molecule has 0 bridgehead atoms. The number of fused-ring (bicyclic) bond motifs is 1. The molecule has 12 nitrogen and oxygen atoms in total. The van der Waals surface area contributed by atoms with Crippen molar-refractivity contribution in [3.63, 3.8) is 0 Å². The zero-order valence-electron chi connectivity index (χ0n) is 34.4. The molecule has 1 aliphatic carbocycles. The van der Waals surface area contributed by atoms with Crippen LogP contribution in [0.5, 0.6) is 0 Å². The summed E-state index contributed by atoms with van der Waals surface area (Å²) in [7, 11) is 1.70. The molecule has 0 saturated carbocycles. The van der Waals surface area contributed by atoms with Gasteiger partial charge in [0.25, 0.3) is 5.91 Å². The molecule has 2 aromatic carbocycles. The number of thiophene rings is 1. The highest BCUT2D eigenvalue weighted by Gasteiger charge is 2.33. The number of carboxylic acids is 2. The third-order valence-corrected chi connectivity index (χ3v) is 12.3. The van der Waals surface area contributed by atoms with E-state index in [1.807, 2.05) is 30.3 Å². The molecule has 0 radical (unpaired) electrons. The zero-order chi connectivity index (χ0) is 42.0. The molecule has 3 N–H and O–H groups in total. The van der Waals surface area contributed by atoms with Gasteiger partial charge in [-0.15, -0.1) is 11.3 Å². The highest BCUT2D eigenvalue weighted by atomic mass is 32.1. The Hall–Kier alpha value is -5.14. The van der Waals surface area contributed by atoms with Crippen molar-refractivity contribution in [2.75, 3.05) is 25.5 Å². The summed E-state index contributed by atoms with van der Waals surface area (Å²) >= 11 is 1.49. The van der Waals surface area contributed by atoms with Gasteiger partial charge >= 0.3 is 11.9 Å². The van der Waals surface area contributed by atoms with E-state index in [1.54, 1.807) is 47.2 Å². The van der Waals surface area contributed by atoms with Crippen molar-refractivity contribution in [2.45, 2.75) is 111 Å². The molecule has 0 unspecified atom stereocenters. The zero-order valence-corrected chi connectivity index (χ0v) is 35.2. The molecule has 310 valence electrons. The maximum atomic E-state index is 14.3. The Morgan fingerprint density at radius 2 is 1.67 bits per heavy atom. The summed E-state index contributed by atoms with van der Waals surface area (Å²) in [5.41, 5.74) is 4.89. The van der Waals surface area contributed by atoms with Crippen LogP contribution in [0.15, 0.2) is 60.9 Å². The monoisotopic (exact) mass is 811 g/mol. The van der Waals surface area contributed by atoms with Crippen LogP contribution in [0.2, 0.25) is 0 Å². The lowest BCUT2D eigenvalue weighted by Crippen LogP contribution is -2.41. The fraction of sp³-hybridized carbons (Fsp3) is 0.467. The first-order valence-corrected chi connectivity index (χ1v) is 21.1. The second-order valence-corrected chi connectivity index (χ2v) is 17.2. The van der Waals surface area contributed by atoms with Crippen molar-refractivity contribution in [3.05, 3.63) is 105 Å². The molecule has 0 spiro atoms. The molecule has 4 aromatic rings. The number of ketones is 1. The van der Waals surface area contributed by atoms with E-state index in [0.29, 0.717) is 47.9 Å². The van der Waals surface area contributed by atoms with Crippen LogP contribution in [0.1, 0.15) is 131 Å². The topological polar surface area (TPSA) is 162 Å². The van der Waals surface area contributed by atoms with Crippen LogP contribution in [-0.4, -0.2) is 85.5 Å². The van der Waals surface area contributed by atoms with Gasteiger partial charge in [0.05, 0.1) is 29.3 Å². The highest BCUT2D eigenvalue weighted by molar-refractivity contribution is 7.17. The number of carbonyl (C=O) groups excluding carboxylic acids is 3. The Morgan fingerprint density at radius 3 is 2.36 bits per heavy atom. The fourth-order valence-electron chi connectivity index (χ4n) is 7.62. The van der Waals surface area contributed by atoms with Gasteiger partial charge in [-0.25, -0.2) is 4.79 Å². The number of carboxylic acid groups (broad SMARTS) is 2. The van der Waals surface area contributed by atoms with Crippen LogP contribution in [0, 0.1) is 5.41 Å². The number of anilines is 1. The van der Waals surface area contributed by atoms with E-state index in [4.69, 9.17) is 10.2 Å². The number of aryl methyl sites for hydroxylation is 2. The van der Waals surface area contributed by atoms with Crippen LogP contribution in [-0.2, 0) is 41.9 Å². The normalized spacial score (nSPS) is 13.4. The maximum absolute atomic E-state index is 14.3. The van der Waals surface area contributed by atoms with Crippen LogP contribution in [0.25, 0.3) is 0 Å². The number of aliphatic carboxylic acids is 1. The van der Waals surface area contributed by atoms with E-state index >= 15 is 0 Å². The van der Waals surface area contributed by atoms with Crippen molar-refractivity contribution in [1.29, 1.82) is 0 Å². The summed E-state index contributed by atoms with van der Waals surface area (Å²) in [4.78, 5) is 67.9. The van der Waals surface area contributed by atoms with Gasteiger partial charge in [-0.05, 0) is 97.7 Å². The number of aromatic carboxylic acids is 1. The second-order valence-electron chi connectivity index (χ2n) is 16.1. The smallest absolute Gasteiger partial charge is 0.335 e. The van der Waals surface area contributed by atoms with Crippen LogP contribution in [0.3, 0.4) is 0 Å². The van der Waals surface area contributed by atoms with Gasteiger partial charge in [0.2, 0.25) is 5.91 Å². The standard InChI is InChI=1S/C45H57N5O7S/c1-6-35(7-2)49(24-23-48(5)38(51)18-19-39(52)53)28-31-12-10-13-33(25-31)42(55)47-43-40(36-20-21-45(3,4)26-37(36)58-43)41(54)34-27-46-50(29-34)22-9-8-11-30-14-16-32(17-15-30)44(56)57/h10,12-17,25,27,29,35H,6-9,11,18-24,26,28H2,1-5H3,(H,47,55)(H,52,53)(H,56,57).